The SMILES string of the molecule is C=C(/C=C\C(C)C)/C(=N/C)c1ccccc1C. The zero-order chi connectivity index (χ0) is 12.8. The molecule has 0 aromatic heterocycles. The molecule has 0 amide bonds. The van der Waals surface area contributed by atoms with Gasteiger partial charge < -0.3 is 0 Å². The maximum atomic E-state index is 4.36. The van der Waals surface area contributed by atoms with E-state index < -0.39 is 0 Å². The minimum atomic E-state index is 0.529. The summed E-state index contributed by atoms with van der Waals surface area (Å²) in [6.45, 7) is 10.5. The van der Waals surface area contributed by atoms with Crippen LogP contribution in [0.1, 0.15) is 25.0 Å². The molecule has 0 fully saturated rings. The standard InChI is InChI=1S/C16H21N/c1-12(2)10-11-14(4)16(17-5)15-9-7-6-8-13(15)3/h6-12H,4H2,1-3,5H3/b11-10-,17-16-. The first-order valence-electron chi connectivity index (χ1n) is 5.96. The summed E-state index contributed by atoms with van der Waals surface area (Å²) >= 11 is 0. The molecule has 1 aromatic rings. The lowest BCUT2D eigenvalue weighted by atomic mass is 9.98. The van der Waals surface area contributed by atoms with E-state index in [0.717, 1.165) is 16.8 Å². The Morgan fingerprint density at radius 2 is 1.94 bits per heavy atom. The van der Waals surface area contributed by atoms with E-state index in [1.807, 2.05) is 19.2 Å². The molecule has 0 aliphatic heterocycles. The highest BCUT2D eigenvalue weighted by molar-refractivity contribution is 6.14. The zero-order valence-electron chi connectivity index (χ0n) is 11.2. The van der Waals surface area contributed by atoms with Crippen molar-refractivity contribution in [2.75, 3.05) is 7.05 Å². The van der Waals surface area contributed by atoms with E-state index in [0.29, 0.717) is 5.92 Å². The summed E-state index contributed by atoms with van der Waals surface area (Å²) in [5.74, 6) is 0.529. The quantitative estimate of drug-likeness (QED) is 0.540. The second-order valence-electron chi connectivity index (χ2n) is 4.52. The minimum absolute atomic E-state index is 0.529. The Kier molecular flexibility index (Phi) is 4.89. The van der Waals surface area contributed by atoms with Gasteiger partial charge in [0.15, 0.2) is 0 Å². The molecule has 17 heavy (non-hydrogen) atoms. The van der Waals surface area contributed by atoms with Crippen LogP contribution in [-0.2, 0) is 0 Å². The third-order valence-corrected chi connectivity index (χ3v) is 2.61. The summed E-state index contributed by atoms with van der Waals surface area (Å²) in [4.78, 5) is 4.36. The Morgan fingerprint density at radius 1 is 1.29 bits per heavy atom. The van der Waals surface area contributed by atoms with Crippen molar-refractivity contribution in [1.82, 2.24) is 0 Å². The molecule has 0 aliphatic rings. The van der Waals surface area contributed by atoms with Gasteiger partial charge in [0.1, 0.15) is 0 Å². The lowest BCUT2D eigenvalue weighted by Crippen LogP contribution is -2.05. The number of rotatable bonds is 4. The molecule has 0 bridgehead atoms. The van der Waals surface area contributed by atoms with E-state index in [4.69, 9.17) is 0 Å². The second-order valence-corrected chi connectivity index (χ2v) is 4.52. The Hall–Kier alpha value is -1.63. The van der Waals surface area contributed by atoms with Crippen LogP contribution in [0.2, 0.25) is 0 Å². The van der Waals surface area contributed by atoms with Crippen LogP contribution in [0, 0.1) is 12.8 Å². The fourth-order valence-corrected chi connectivity index (χ4v) is 1.66. The normalized spacial score (nSPS) is 12.4. The number of nitrogens with zero attached hydrogens (tertiary/aromatic N) is 1. The molecule has 1 rings (SSSR count). The molecule has 0 aliphatic carbocycles. The highest BCUT2D eigenvalue weighted by Crippen LogP contribution is 2.14. The molecule has 0 radical (unpaired) electrons. The summed E-state index contributed by atoms with van der Waals surface area (Å²) in [7, 11) is 1.82. The Balaban J connectivity index is 3.02. The van der Waals surface area contributed by atoms with Gasteiger partial charge in [-0.25, -0.2) is 0 Å². The summed E-state index contributed by atoms with van der Waals surface area (Å²) in [6, 6.07) is 8.26. The molecule has 0 saturated carbocycles. The fourth-order valence-electron chi connectivity index (χ4n) is 1.66. The zero-order valence-corrected chi connectivity index (χ0v) is 11.2. The number of allylic oxidation sites excluding steroid dienone is 3. The third-order valence-electron chi connectivity index (χ3n) is 2.61. The van der Waals surface area contributed by atoms with Gasteiger partial charge in [0, 0.05) is 12.6 Å². The first kappa shape index (κ1) is 13.4. The van der Waals surface area contributed by atoms with E-state index in [1.165, 1.54) is 5.56 Å². The van der Waals surface area contributed by atoms with Crippen molar-refractivity contribution in [2.45, 2.75) is 20.8 Å². The van der Waals surface area contributed by atoms with E-state index in [2.05, 4.69) is 56.6 Å². The van der Waals surface area contributed by atoms with Crippen LogP contribution in [0.5, 0.6) is 0 Å². The number of hydrogen-bond acceptors (Lipinski definition) is 1. The lowest BCUT2D eigenvalue weighted by Gasteiger charge is -2.09. The van der Waals surface area contributed by atoms with Gasteiger partial charge in [-0.2, -0.15) is 0 Å². The van der Waals surface area contributed by atoms with Gasteiger partial charge in [-0.3, -0.25) is 4.99 Å². The first-order valence-corrected chi connectivity index (χ1v) is 5.96. The van der Waals surface area contributed by atoms with Crippen LogP contribution < -0.4 is 0 Å². The van der Waals surface area contributed by atoms with Crippen molar-refractivity contribution in [3.05, 3.63) is 59.7 Å². The van der Waals surface area contributed by atoms with Gasteiger partial charge in [0.05, 0.1) is 5.71 Å². The second kappa shape index (κ2) is 6.19. The largest absolute Gasteiger partial charge is 0.287 e. The van der Waals surface area contributed by atoms with E-state index in [-0.39, 0.29) is 0 Å². The van der Waals surface area contributed by atoms with Gasteiger partial charge in [0.25, 0.3) is 0 Å². The van der Waals surface area contributed by atoms with Gasteiger partial charge in [-0.1, -0.05) is 56.8 Å². The monoisotopic (exact) mass is 227 g/mol. The molecule has 0 unspecified atom stereocenters. The summed E-state index contributed by atoms with van der Waals surface area (Å²) in [5.41, 5.74) is 4.33. The number of benzene rings is 1. The number of aliphatic imine (C=N–C) groups is 1. The van der Waals surface area contributed by atoms with Crippen LogP contribution in [0.3, 0.4) is 0 Å². The maximum Gasteiger partial charge on any atom is 0.0712 e. The fraction of sp³-hybridized carbons (Fsp3) is 0.312. The average molecular weight is 227 g/mol. The Morgan fingerprint density at radius 3 is 2.47 bits per heavy atom. The van der Waals surface area contributed by atoms with Crippen LogP contribution in [0.4, 0.5) is 0 Å². The Labute approximate surface area is 105 Å². The van der Waals surface area contributed by atoms with Crippen molar-refractivity contribution in [3.8, 4) is 0 Å². The predicted octanol–water partition coefficient (Wildman–Crippen LogP) is 4.18. The molecule has 1 aromatic carbocycles. The highest BCUT2D eigenvalue weighted by Gasteiger charge is 2.07. The summed E-state index contributed by atoms with van der Waals surface area (Å²) < 4.78 is 0. The molecule has 0 atom stereocenters. The van der Waals surface area contributed by atoms with Crippen LogP contribution >= 0.6 is 0 Å². The van der Waals surface area contributed by atoms with Gasteiger partial charge in [-0.05, 0) is 24.0 Å². The van der Waals surface area contributed by atoms with E-state index in [9.17, 15) is 0 Å². The Bertz CT molecular complexity index is 450. The van der Waals surface area contributed by atoms with Crippen molar-refractivity contribution in [3.63, 3.8) is 0 Å². The molecule has 1 nitrogen and oxygen atoms in total. The maximum absolute atomic E-state index is 4.36. The number of hydrogen-bond donors (Lipinski definition) is 0. The van der Waals surface area contributed by atoms with E-state index in [1.54, 1.807) is 0 Å². The molecule has 0 N–H and O–H groups in total. The minimum Gasteiger partial charge on any atom is -0.287 e. The van der Waals surface area contributed by atoms with E-state index >= 15 is 0 Å². The van der Waals surface area contributed by atoms with Gasteiger partial charge in [0.2, 0.25) is 0 Å². The lowest BCUT2D eigenvalue weighted by molar-refractivity contribution is 0.831. The molecule has 0 saturated heterocycles. The molecular weight excluding hydrogens is 206 g/mol. The summed E-state index contributed by atoms with van der Waals surface area (Å²) in [5, 5.41) is 0. The van der Waals surface area contributed by atoms with Crippen LogP contribution in [0.25, 0.3) is 0 Å². The number of aryl methyl sites for hydroxylation is 1. The third kappa shape index (κ3) is 3.70. The highest BCUT2D eigenvalue weighted by atomic mass is 14.7. The van der Waals surface area contributed by atoms with Crippen LogP contribution in [-0.4, -0.2) is 12.8 Å². The van der Waals surface area contributed by atoms with Gasteiger partial charge >= 0.3 is 0 Å². The smallest absolute Gasteiger partial charge is 0.0712 e. The topological polar surface area (TPSA) is 12.4 Å². The summed E-state index contributed by atoms with van der Waals surface area (Å²) in [6.07, 6.45) is 4.20. The van der Waals surface area contributed by atoms with Crippen molar-refractivity contribution >= 4 is 5.71 Å². The van der Waals surface area contributed by atoms with Crippen molar-refractivity contribution < 1.29 is 0 Å². The van der Waals surface area contributed by atoms with Gasteiger partial charge in [-0.15, -0.1) is 0 Å². The molecule has 0 spiro atoms. The average Bonchev–Trinajstić information content (AvgIpc) is 2.30. The van der Waals surface area contributed by atoms with Crippen molar-refractivity contribution in [2.24, 2.45) is 10.9 Å². The molecular formula is C16H21N. The van der Waals surface area contributed by atoms with Crippen LogP contribution in [0.15, 0.2) is 53.6 Å². The predicted molar refractivity (Wildman–Crippen MR) is 76.8 cm³/mol. The molecule has 90 valence electrons. The van der Waals surface area contributed by atoms with Crippen molar-refractivity contribution in [1.29, 1.82) is 0 Å². The first-order chi connectivity index (χ1) is 8.06. The molecule has 0 heterocycles. The molecule has 1 heteroatoms.